The number of sulfone groups is 1. The second-order valence-corrected chi connectivity index (χ2v) is 7.65. The number of hydrogen-bond acceptors (Lipinski definition) is 7. The van der Waals surface area contributed by atoms with E-state index in [1.807, 2.05) is 0 Å². The molecule has 1 aliphatic rings. The zero-order valence-electron chi connectivity index (χ0n) is 14.1. The number of rotatable bonds is 5. The van der Waals surface area contributed by atoms with E-state index < -0.39 is 27.6 Å². The van der Waals surface area contributed by atoms with E-state index in [0.717, 1.165) is 0 Å². The van der Waals surface area contributed by atoms with Crippen LogP contribution in [-0.4, -0.2) is 53.1 Å². The molecule has 0 aliphatic carbocycles. The van der Waals surface area contributed by atoms with Crippen molar-refractivity contribution >= 4 is 21.7 Å². The fraction of sp³-hybridized carbons (Fsp3) is 0.467. The number of carbonyl (C=O) groups excluding carboxylic acids is 2. The van der Waals surface area contributed by atoms with E-state index in [9.17, 15) is 18.0 Å². The highest BCUT2D eigenvalue weighted by molar-refractivity contribution is 7.91. The number of amides is 2. The second-order valence-electron chi connectivity index (χ2n) is 5.43. The fourth-order valence-electron chi connectivity index (χ4n) is 2.57. The van der Waals surface area contributed by atoms with Crippen molar-refractivity contribution in [3.05, 3.63) is 17.7 Å². The van der Waals surface area contributed by atoms with E-state index in [1.54, 1.807) is 0 Å². The molecule has 1 aliphatic heterocycles. The summed E-state index contributed by atoms with van der Waals surface area (Å²) in [7, 11) is 1.05. The van der Waals surface area contributed by atoms with Crippen LogP contribution in [0.3, 0.4) is 0 Å². The summed E-state index contributed by atoms with van der Waals surface area (Å²) in [5, 5.41) is 0. The zero-order chi connectivity index (χ0) is 18.6. The van der Waals surface area contributed by atoms with Gasteiger partial charge in [0.05, 0.1) is 44.3 Å². The lowest BCUT2D eigenvalue weighted by atomic mass is 10.1. The van der Waals surface area contributed by atoms with Crippen molar-refractivity contribution in [1.29, 1.82) is 0 Å². The molecule has 2 amide bonds. The molecule has 0 spiro atoms. The normalized spacial score (nSPS) is 18.3. The van der Waals surface area contributed by atoms with Crippen LogP contribution in [0.5, 0.6) is 17.2 Å². The summed E-state index contributed by atoms with van der Waals surface area (Å²) in [6.07, 6.45) is 0.240. The van der Waals surface area contributed by atoms with Gasteiger partial charge >= 0.3 is 0 Å². The monoisotopic (exact) mass is 372 g/mol. The Balaban J connectivity index is 2.09. The zero-order valence-corrected chi connectivity index (χ0v) is 14.9. The van der Waals surface area contributed by atoms with Gasteiger partial charge in [-0.05, 0) is 18.6 Å². The van der Waals surface area contributed by atoms with Gasteiger partial charge in [0.25, 0.3) is 5.91 Å². The number of ether oxygens (including phenoxy) is 3. The summed E-state index contributed by atoms with van der Waals surface area (Å²) in [6.45, 7) is 0. The van der Waals surface area contributed by atoms with Crippen LogP contribution in [-0.2, 0) is 14.6 Å². The van der Waals surface area contributed by atoms with E-state index in [-0.39, 0.29) is 35.0 Å². The average Bonchev–Trinajstić information content (AvgIpc) is 2.97. The Morgan fingerprint density at radius 1 is 1.04 bits per heavy atom. The van der Waals surface area contributed by atoms with Crippen LogP contribution in [0, 0.1) is 5.92 Å². The minimum Gasteiger partial charge on any atom is -0.493 e. The molecule has 2 rings (SSSR count). The molecule has 9 nitrogen and oxygen atoms in total. The van der Waals surface area contributed by atoms with E-state index in [2.05, 4.69) is 10.9 Å². The van der Waals surface area contributed by atoms with Crippen molar-refractivity contribution in [2.24, 2.45) is 5.92 Å². The summed E-state index contributed by atoms with van der Waals surface area (Å²) in [5.41, 5.74) is 4.63. The SMILES string of the molecule is COc1ccc(C(=O)NNC(=O)[C@@H]2CCS(=O)(=O)C2)c(OC)c1OC. The van der Waals surface area contributed by atoms with Crippen molar-refractivity contribution in [1.82, 2.24) is 10.9 Å². The predicted molar refractivity (Wildman–Crippen MR) is 88.5 cm³/mol. The Hall–Kier alpha value is -2.49. The van der Waals surface area contributed by atoms with Gasteiger partial charge in [0.15, 0.2) is 21.3 Å². The molecule has 25 heavy (non-hydrogen) atoms. The van der Waals surface area contributed by atoms with Gasteiger partial charge in [0.1, 0.15) is 0 Å². The lowest BCUT2D eigenvalue weighted by molar-refractivity contribution is -0.125. The number of benzene rings is 1. The first-order chi connectivity index (χ1) is 11.8. The van der Waals surface area contributed by atoms with Gasteiger partial charge in [-0.2, -0.15) is 0 Å². The van der Waals surface area contributed by atoms with E-state index in [4.69, 9.17) is 14.2 Å². The molecule has 1 aromatic rings. The maximum absolute atomic E-state index is 12.3. The number of nitrogens with one attached hydrogen (secondary N) is 2. The molecule has 1 fully saturated rings. The minimum atomic E-state index is -3.18. The topological polar surface area (TPSA) is 120 Å². The summed E-state index contributed by atoms with van der Waals surface area (Å²) >= 11 is 0. The summed E-state index contributed by atoms with van der Waals surface area (Å²) in [4.78, 5) is 24.3. The second kappa shape index (κ2) is 7.60. The lowest BCUT2D eigenvalue weighted by Gasteiger charge is -2.16. The highest BCUT2D eigenvalue weighted by Crippen LogP contribution is 2.39. The van der Waals surface area contributed by atoms with Crippen molar-refractivity contribution in [3.63, 3.8) is 0 Å². The Bertz CT molecular complexity index is 776. The number of methoxy groups -OCH3 is 3. The third kappa shape index (κ3) is 4.13. The van der Waals surface area contributed by atoms with Gasteiger partial charge in [-0.15, -0.1) is 0 Å². The van der Waals surface area contributed by atoms with Crippen molar-refractivity contribution < 1.29 is 32.2 Å². The molecular formula is C15H20N2O7S. The smallest absolute Gasteiger partial charge is 0.273 e. The summed E-state index contributed by atoms with van der Waals surface area (Å²) in [6, 6.07) is 2.99. The van der Waals surface area contributed by atoms with Crippen LogP contribution in [0.25, 0.3) is 0 Å². The van der Waals surface area contributed by atoms with E-state index >= 15 is 0 Å². The van der Waals surface area contributed by atoms with Crippen LogP contribution in [0.15, 0.2) is 12.1 Å². The highest BCUT2D eigenvalue weighted by Gasteiger charge is 2.33. The molecule has 1 aromatic carbocycles. The molecule has 0 radical (unpaired) electrons. The molecule has 138 valence electrons. The molecule has 1 heterocycles. The Labute approximate surface area is 145 Å². The summed E-state index contributed by atoms with van der Waals surface area (Å²) < 4.78 is 38.4. The largest absolute Gasteiger partial charge is 0.493 e. The summed E-state index contributed by atoms with van der Waals surface area (Å²) in [5.74, 6) is -1.31. The Morgan fingerprint density at radius 3 is 2.24 bits per heavy atom. The van der Waals surface area contributed by atoms with E-state index in [0.29, 0.717) is 5.75 Å². The first kappa shape index (κ1) is 18.8. The molecule has 10 heteroatoms. The van der Waals surface area contributed by atoms with Gasteiger partial charge in [-0.3, -0.25) is 20.4 Å². The standard InChI is InChI=1S/C15H20N2O7S/c1-22-11-5-4-10(12(23-2)13(11)24-3)15(19)17-16-14(18)9-6-7-25(20,21)8-9/h4-5,9H,6-8H2,1-3H3,(H,16,18)(H,17,19)/t9-/m1/s1. The maximum Gasteiger partial charge on any atom is 0.273 e. The molecule has 1 atom stereocenters. The third-order valence-electron chi connectivity index (χ3n) is 3.85. The van der Waals surface area contributed by atoms with Crippen LogP contribution in [0.1, 0.15) is 16.8 Å². The highest BCUT2D eigenvalue weighted by atomic mass is 32.2. The fourth-order valence-corrected chi connectivity index (χ4v) is 4.31. The first-order valence-corrected chi connectivity index (χ1v) is 9.24. The Morgan fingerprint density at radius 2 is 1.72 bits per heavy atom. The molecule has 2 N–H and O–H groups in total. The van der Waals surface area contributed by atoms with Crippen molar-refractivity contribution in [2.45, 2.75) is 6.42 Å². The van der Waals surface area contributed by atoms with Gasteiger partial charge in [0, 0.05) is 0 Å². The molecular weight excluding hydrogens is 352 g/mol. The molecule has 0 aromatic heterocycles. The third-order valence-corrected chi connectivity index (χ3v) is 5.62. The first-order valence-electron chi connectivity index (χ1n) is 7.42. The molecule has 0 bridgehead atoms. The molecule has 1 saturated heterocycles. The van der Waals surface area contributed by atoms with Crippen LogP contribution < -0.4 is 25.1 Å². The average molecular weight is 372 g/mol. The van der Waals surface area contributed by atoms with Crippen LogP contribution in [0.2, 0.25) is 0 Å². The quantitative estimate of drug-likeness (QED) is 0.693. The molecule has 0 saturated carbocycles. The Kier molecular flexibility index (Phi) is 5.73. The number of hydrazine groups is 1. The van der Waals surface area contributed by atoms with Crippen molar-refractivity contribution in [2.75, 3.05) is 32.8 Å². The van der Waals surface area contributed by atoms with Crippen LogP contribution in [0.4, 0.5) is 0 Å². The lowest BCUT2D eigenvalue weighted by Crippen LogP contribution is -2.45. The van der Waals surface area contributed by atoms with Crippen LogP contribution >= 0.6 is 0 Å². The van der Waals surface area contributed by atoms with Gasteiger partial charge in [0.2, 0.25) is 11.7 Å². The minimum absolute atomic E-state index is 0.0253. The maximum atomic E-state index is 12.3. The number of carbonyl (C=O) groups is 2. The van der Waals surface area contributed by atoms with E-state index in [1.165, 1.54) is 33.5 Å². The predicted octanol–water partition coefficient (Wildman–Crippen LogP) is -0.0919. The van der Waals surface area contributed by atoms with Gasteiger partial charge in [-0.1, -0.05) is 0 Å². The van der Waals surface area contributed by atoms with Crippen molar-refractivity contribution in [3.8, 4) is 17.2 Å². The van der Waals surface area contributed by atoms with Gasteiger partial charge in [-0.25, -0.2) is 8.42 Å². The number of hydrogen-bond donors (Lipinski definition) is 2. The van der Waals surface area contributed by atoms with Gasteiger partial charge < -0.3 is 14.2 Å². The molecule has 0 unspecified atom stereocenters.